The standard InChI is InChI=1S/C36H64/c1-5-7-8-9-10-11-12-13-14-15-16-17-23-33-26-28-34(29-27-33)32(4)22-20-25-36-30-35(36)24-19-18-21-31(3)6-2/h26-29,31-32,35-36H,5-25,30H2,1-4H3. The molecule has 0 bridgehead atoms. The zero-order valence-electron chi connectivity index (χ0n) is 25.2. The maximum Gasteiger partial charge on any atom is -0.0190 e. The lowest BCUT2D eigenvalue weighted by Crippen LogP contribution is -1.96. The average molecular weight is 497 g/mol. The van der Waals surface area contributed by atoms with Gasteiger partial charge in [0.05, 0.1) is 0 Å². The molecule has 1 fully saturated rings. The van der Waals surface area contributed by atoms with Crippen molar-refractivity contribution in [1.29, 1.82) is 0 Å². The predicted molar refractivity (Wildman–Crippen MR) is 163 cm³/mol. The van der Waals surface area contributed by atoms with Crippen molar-refractivity contribution < 1.29 is 0 Å². The molecule has 4 unspecified atom stereocenters. The van der Waals surface area contributed by atoms with Gasteiger partial charge in [-0.05, 0) is 60.5 Å². The minimum atomic E-state index is 0.721. The van der Waals surface area contributed by atoms with Gasteiger partial charge in [0.2, 0.25) is 0 Å². The van der Waals surface area contributed by atoms with Gasteiger partial charge in [-0.1, -0.05) is 168 Å². The van der Waals surface area contributed by atoms with Gasteiger partial charge in [-0.2, -0.15) is 0 Å². The quantitative estimate of drug-likeness (QED) is 0.125. The normalized spacial score (nSPS) is 18.9. The summed E-state index contributed by atoms with van der Waals surface area (Å²) in [4.78, 5) is 0. The zero-order valence-corrected chi connectivity index (χ0v) is 25.2. The van der Waals surface area contributed by atoms with Crippen LogP contribution in [0.15, 0.2) is 24.3 Å². The maximum atomic E-state index is 2.44. The summed E-state index contributed by atoms with van der Waals surface area (Å²) in [5.74, 6) is 3.80. The van der Waals surface area contributed by atoms with E-state index in [1.54, 1.807) is 11.1 Å². The molecule has 0 spiro atoms. The van der Waals surface area contributed by atoms with E-state index in [-0.39, 0.29) is 0 Å². The predicted octanol–water partition coefficient (Wildman–Crippen LogP) is 12.4. The lowest BCUT2D eigenvalue weighted by molar-refractivity contribution is 0.462. The number of unbranched alkanes of at least 4 members (excludes halogenated alkanes) is 12. The SMILES string of the molecule is CCCCCCCCCCCCCCc1ccc(C(C)CCCC2CC2CCCCC(C)CC)cc1. The van der Waals surface area contributed by atoms with Crippen LogP contribution in [0.25, 0.3) is 0 Å². The first-order valence-corrected chi connectivity index (χ1v) is 16.7. The van der Waals surface area contributed by atoms with Gasteiger partial charge in [0, 0.05) is 0 Å². The molecule has 1 aromatic carbocycles. The molecule has 0 amide bonds. The first-order valence-electron chi connectivity index (χ1n) is 16.7. The van der Waals surface area contributed by atoms with E-state index in [1.807, 2.05) is 0 Å². The molecule has 0 N–H and O–H groups in total. The van der Waals surface area contributed by atoms with Crippen molar-refractivity contribution in [3.05, 3.63) is 35.4 Å². The summed E-state index contributed by atoms with van der Waals surface area (Å²) in [7, 11) is 0. The Bertz CT molecular complexity index is 613. The lowest BCUT2D eigenvalue weighted by atomic mass is 9.93. The maximum absolute atomic E-state index is 2.44. The van der Waals surface area contributed by atoms with Gasteiger partial charge in [0.25, 0.3) is 0 Å². The summed E-state index contributed by atoms with van der Waals surface area (Å²) in [6.45, 7) is 9.49. The van der Waals surface area contributed by atoms with E-state index in [0.29, 0.717) is 0 Å². The molecule has 0 heterocycles. The molecule has 36 heavy (non-hydrogen) atoms. The van der Waals surface area contributed by atoms with E-state index >= 15 is 0 Å². The molecule has 1 aromatic rings. The van der Waals surface area contributed by atoms with Crippen molar-refractivity contribution in [3.63, 3.8) is 0 Å². The van der Waals surface area contributed by atoms with Crippen LogP contribution in [0.4, 0.5) is 0 Å². The molecule has 0 aliphatic heterocycles. The molecule has 1 aliphatic carbocycles. The minimum Gasteiger partial charge on any atom is -0.0654 e. The molecule has 0 saturated heterocycles. The number of hydrogen-bond acceptors (Lipinski definition) is 0. The van der Waals surface area contributed by atoms with Gasteiger partial charge in [0.15, 0.2) is 0 Å². The molecule has 4 atom stereocenters. The summed E-state index contributed by atoms with van der Waals surface area (Å²) in [6.07, 6.45) is 31.6. The highest BCUT2D eigenvalue weighted by atomic mass is 14.4. The Morgan fingerprint density at radius 3 is 1.75 bits per heavy atom. The molecule has 0 nitrogen and oxygen atoms in total. The van der Waals surface area contributed by atoms with E-state index in [2.05, 4.69) is 52.0 Å². The van der Waals surface area contributed by atoms with Gasteiger partial charge in [-0.25, -0.2) is 0 Å². The van der Waals surface area contributed by atoms with Gasteiger partial charge in [-0.3, -0.25) is 0 Å². The fourth-order valence-corrected chi connectivity index (χ4v) is 6.16. The molecular weight excluding hydrogens is 432 g/mol. The Balaban J connectivity index is 1.43. The monoisotopic (exact) mass is 497 g/mol. The highest BCUT2D eigenvalue weighted by Crippen LogP contribution is 2.46. The first-order chi connectivity index (χ1) is 17.6. The fourth-order valence-electron chi connectivity index (χ4n) is 6.16. The molecule has 208 valence electrons. The van der Waals surface area contributed by atoms with Gasteiger partial charge in [-0.15, -0.1) is 0 Å². The molecule has 0 aromatic heterocycles. The van der Waals surface area contributed by atoms with Crippen LogP contribution < -0.4 is 0 Å². The summed E-state index contributed by atoms with van der Waals surface area (Å²) in [5.41, 5.74) is 3.11. The van der Waals surface area contributed by atoms with E-state index in [0.717, 1.165) is 23.7 Å². The molecule has 1 aliphatic rings. The largest absolute Gasteiger partial charge is 0.0654 e. The Labute approximate surface area is 227 Å². The van der Waals surface area contributed by atoms with Crippen molar-refractivity contribution in [3.8, 4) is 0 Å². The average Bonchev–Trinajstić information content (AvgIpc) is 3.65. The Morgan fingerprint density at radius 2 is 1.17 bits per heavy atom. The molecule has 0 heteroatoms. The van der Waals surface area contributed by atoms with Crippen LogP contribution in [0.1, 0.15) is 180 Å². The van der Waals surface area contributed by atoms with E-state index in [4.69, 9.17) is 0 Å². The molecule has 0 radical (unpaired) electrons. The smallest absolute Gasteiger partial charge is 0.0190 e. The Hall–Kier alpha value is -0.780. The number of hydrogen-bond donors (Lipinski definition) is 0. The lowest BCUT2D eigenvalue weighted by Gasteiger charge is -2.13. The summed E-state index contributed by atoms with van der Waals surface area (Å²) in [5, 5.41) is 0. The highest BCUT2D eigenvalue weighted by molar-refractivity contribution is 5.25. The third-order valence-electron chi connectivity index (χ3n) is 9.37. The van der Waals surface area contributed by atoms with Crippen LogP contribution in [-0.2, 0) is 6.42 Å². The van der Waals surface area contributed by atoms with Crippen molar-refractivity contribution in [2.45, 2.75) is 175 Å². The van der Waals surface area contributed by atoms with Crippen molar-refractivity contribution in [2.24, 2.45) is 17.8 Å². The van der Waals surface area contributed by atoms with Crippen LogP contribution in [-0.4, -0.2) is 0 Å². The van der Waals surface area contributed by atoms with E-state index in [1.165, 1.54) is 141 Å². The first kappa shape index (κ1) is 31.4. The highest BCUT2D eigenvalue weighted by Gasteiger charge is 2.35. The third-order valence-corrected chi connectivity index (χ3v) is 9.37. The third kappa shape index (κ3) is 14.8. The number of benzene rings is 1. The molecular formula is C36H64. The Morgan fingerprint density at radius 1 is 0.611 bits per heavy atom. The van der Waals surface area contributed by atoms with Crippen molar-refractivity contribution in [1.82, 2.24) is 0 Å². The van der Waals surface area contributed by atoms with E-state index in [9.17, 15) is 0 Å². The topological polar surface area (TPSA) is 0 Å². The van der Waals surface area contributed by atoms with Gasteiger partial charge in [0.1, 0.15) is 0 Å². The zero-order chi connectivity index (χ0) is 25.8. The van der Waals surface area contributed by atoms with Crippen LogP contribution in [0.2, 0.25) is 0 Å². The van der Waals surface area contributed by atoms with Gasteiger partial charge >= 0.3 is 0 Å². The minimum absolute atomic E-state index is 0.721. The van der Waals surface area contributed by atoms with E-state index < -0.39 is 0 Å². The molecule has 2 rings (SSSR count). The molecule has 1 saturated carbocycles. The summed E-state index contributed by atoms with van der Waals surface area (Å²) < 4.78 is 0. The number of rotatable bonds is 24. The van der Waals surface area contributed by atoms with Crippen LogP contribution in [0.3, 0.4) is 0 Å². The van der Waals surface area contributed by atoms with Crippen LogP contribution >= 0.6 is 0 Å². The summed E-state index contributed by atoms with van der Waals surface area (Å²) >= 11 is 0. The van der Waals surface area contributed by atoms with Crippen LogP contribution in [0.5, 0.6) is 0 Å². The van der Waals surface area contributed by atoms with Crippen LogP contribution in [0, 0.1) is 17.8 Å². The second-order valence-corrected chi connectivity index (χ2v) is 12.8. The fraction of sp³-hybridized carbons (Fsp3) is 0.833. The van der Waals surface area contributed by atoms with Gasteiger partial charge < -0.3 is 0 Å². The van der Waals surface area contributed by atoms with Crippen molar-refractivity contribution in [2.75, 3.05) is 0 Å². The second kappa shape index (κ2) is 20.2. The summed E-state index contributed by atoms with van der Waals surface area (Å²) in [6, 6.07) is 9.69. The number of aryl methyl sites for hydroxylation is 1. The second-order valence-electron chi connectivity index (χ2n) is 12.8. The van der Waals surface area contributed by atoms with Crippen molar-refractivity contribution >= 4 is 0 Å². The Kier molecular flexibility index (Phi) is 17.7.